The van der Waals surface area contributed by atoms with Crippen LogP contribution < -0.4 is 5.32 Å². The number of likely N-dealkylation sites (N-methyl/N-ethyl adjacent to an activating group) is 1. The SMILES string of the molecule is CN(C(=O)C1CCCO1)C1CC2CCC(C1)N2.Cl. The van der Waals surface area contributed by atoms with Crippen LogP contribution >= 0.6 is 12.4 Å². The Bertz CT molecular complexity index is 295. The molecule has 3 unspecified atom stereocenters. The van der Waals surface area contributed by atoms with Crippen molar-refractivity contribution < 1.29 is 9.53 Å². The van der Waals surface area contributed by atoms with Gasteiger partial charge >= 0.3 is 0 Å². The first kappa shape index (κ1) is 14.1. The van der Waals surface area contributed by atoms with E-state index in [9.17, 15) is 4.79 Å². The highest BCUT2D eigenvalue weighted by molar-refractivity contribution is 5.85. The normalized spacial score (nSPS) is 38.3. The van der Waals surface area contributed by atoms with Crippen LogP contribution in [0.1, 0.15) is 38.5 Å². The molecular formula is C13H23ClN2O2. The molecule has 0 aliphatic carbocycles. The van der Waals surface area contributed by atoms with E-state index < -0.39 is 0 Å². The molecule has 3 fully saturated rings. The van der Waals surface area contributed by atoms with E-state index in [1.165, 1.54) is 12.8 Å². The topological polar surface area (TPSA) is 41.6 Å². The van der Waals surface area contributed by atoms with Crippen LogP contribution in [0.3, 0.4) is 0 Å². The summed E-state index contributed by atoms with van der Waals surface area (Å²) >= 11 is 0. The molecular weight excluding hydrogens is 252 g/mol. The number of hydrogen-bond acceptors (Lipinski definition) is 3. The molecule has 0 radical (unpaired) electrons. The Balaban J connectivity index is 0.00000120. The summed E-state index contributed by atoms with van der Waals surface area (Å²) in [5.41, 5.74) is 0. The van der Waals surface area contributed by atoms with Crippen LogP contribution in [0, 0.1) is 0 Å². The summed E-state index contributed by atoms with van der Waals surface area (Å²) < 4.78 is 5.49. The van der Waals surface area contributed by atoms with Gasteiger partial charge in [-0.1, -0.05) is 0 Å². The van der Waals surface area contributed by atoms with Crippen molar-refractivity contribution in [3.05, 3.63) is 0 Å². The molecule has 0 saturated carbocycles. The van der Waals surface area contributed by atoms with Crippen molar-refractivity contribution in [3.8, 4) is 0 Å². The molecule has 3 atom stereocenters. The van der Waals surface area contributed by atoms with Gasteiger partial charge in [-0.2, -0.15) is 0 Å². The first-order valence-electron chi connectivity index (χ1n) is 6.88. The van der Waals surface area contributed by atoms with Crippen LogP contribution in [0.2, 0.25) is 0 Å². The molecule has 1 amide bonds. The smallest absolute Gasteiger partial charge is 0.251 e. The predicted molar refractivity (Wildman–Crippen MR) is 72.0 cm³/mol. The molecule has 3 aliphatic heterocycles. The third-order valence-electron chi connectivity index (χ3n) is 4.55. The zero-order valence-electron chi connectivity index (χ0n) is 10.9. The van der Waals surface area contributed by atoms with Gasteiger partial charge in [0.25, 0.3) is 5.91 Å². The first-order valence-corrected chi connectivity index (χ1v) is 6.88. The van der Waals surface area contributed by atoms with Gasteiger partial charge in [0, 0.05) is 31.8 Å². The lowest BCUT2D eigenvalue weighted by Gasteiger charge is -2.36. The summed E-state index contributed by atoms with van der Waals surface area (Å²) in [7, 11) is 1.96. The second-order valence-corrected chi connectivity index (χ2v) is 5.71. The van der Waals surface area contributed by atoms with Crippen LogP contribution in [0.4, 0.5) is 0 Å². The highest BCUT2D eigenvalue weighted by Crippen LogP contribution is 2.30. The highest BCUT2D eigenvalue weighted by Gasteiger charge is 2.38. The number of piperidine rings is 1. The fraction of sp³-hybridized carbons (Fsp3) is 0.923. The van der Waals surface area contributed by atoms with Gasteiger partial charge in [-0.3, -0.25) is 4.79 Å². The van der Waals surface area contributed by atoms with Crippen LogP contribution in [-0.2, 0) is 9.53 Å². The van der Waals surface area contributed by atoms with Gasteiger partial charge in [-0.15, -0.1) is 12.4 Å². The summed E-state index contributed by atoms with van der Waals surface area (Å²) in [5.74, 6) is 0.203. The lowest BCUT2D eigenvalue weighted by Crippen LogP contribution is -2.50. The quantitative estimate of drug-likeness (QED) is 0.826. The summed E-state index contributed by atoms with van der Waals surface area (Å²) in [4.78, 5) is 14.2. The summed E-state index contributed by atoms with van der Waals surface area (Å²) in [6, 6.07) is 1.70. The third-order valence-corrected chi connectivity index (χ3v) is 4.55. The zero-order chi connectivity index (χ0) is 11.8. The number of ether oxygens (including phenoxy) is 1. The van der Waals surface area contributed by atoms with Crippen molar-refractivity contribution >= 4 is 18.3 Å². The van der Waals surface area contributed by atoms with E-state index in [1.807, 2.05) is 11.9 Å². The van der Waals surface area contributed by atoms with Crippen molar-refractivity contribution in [2.75, 3.05) is 13.7 Å². The minimum atomic E-state index is -0.160. The minimum absolute atomic E-state index is 0. The van der Waals surface area contributed by atoms with Crippen LogP contribution in [0.15, 0.2) is 0 Å². The molecule has 0 aromatic heterocycles. The molecule has 3 saturated heterocycles. The molecule has 0 aromatic rings. The Morgan fingerprint density at radius 1 is 1.22 bits per heavy atom. The van der Waals surface area contributed by atoms with Crippen molar-refractivity contribution in [3.63, 3.8) is 0 Å². The maximum Gasteiger partial charge on any atom is 0.251 e. The number of hydrogen-bond donors (Lipinski definition) is 1. The van der Waals surface area contributed by atoms with Gasteiger partial charge in [0.15, 0.2) is 0 Å². The van der Waals surface area contributed by atoms with Crippen molar-refractivity contribution in [2.24, 2.45) is 0 Å². The molecule has 5 heteroatoms. The van der Waals surface area contributed by atoms with Gasteiger partial charge in [0.2, 0.25) is 0 Å². The number of rotatable bonds is 2. The van der Waals surface area contributed by atoms with E-state index in [0.29, 0.717) is 18.1 Å². The second-order valence-electron chi connectivity index (χ2n) is 5.71. The summed E-state index contributed by atoms with van der Waals surface area (Å²) in [5, 5.41) is 3.61. The third kappa shape index (κ3) is 2.65. The number of halogens is 1. The van der Waals surface area contributed by atoms with Crippen molar-refractivity contribution in [1.29, 1.82) is 0 Å². The van der Waals surface area contributed by atoms with Crippen molar-refractivity contribution in [2.45, 2.75) is 62.8 Å². The highest BCUT2D eigenvalue weighted by atomic mass is 35.5. The van der Waals surface area contributed by atoms with Gasteiger partial charge < -0.3 is 15.0 Å². The average Bonchev–Trinajstić information content (AvgIpc) is 2.97. The number of nitrogens with zero attached hydrogens (tertiary/aromatic N) is 1. The number of amides is 1. The largest absolute Gasteiger partial charge is 0.368 e. The van der Waals surface area contributed by atoms with Crippen LogP contribution in [0.25, 0.3) is 0 Å². The molecule has 104 valence electrons. The average molecular weight is 275 g/mol. The molecule has 0 aromatic carbocycles. The van der Waals surface area contributed by atoms with Gasteiger partial charge in [0.05, 0.1) is 0 Å². The second kappa shape index (κ2) is 5.76. The molecule has 0 spiro atoms. The minimum Gasteiger partial charge on any atom is -0.368 e. The van der Waals surface area contributed by atoms with E-state index in [-0.39, 0.29) is 24.4 Å². The van der Waals surface area contributed by atoms with Gasteiger partial charge in [-0.25, -0.2) is 0 Å². The van der Waals surface area contributed by atoms with Crippen LogP contribution in [-0.4, -0.2) is 48.7 Å². The summed E-state index contributed by atoms with van der Waals surface area (Å²) in [6.07, 6.45) is 6.57. The number of carbonyl (C=O) groups excluding carboxylic acids is 1. The lowest BCUT2D eigenvalue weighted by molar-refractivity contribution is -0.142. The molecule has 3 aliphatic rings. The van der Waals surface area contributed by atoms with E-state index in [2.05, 4.69) is 5.32 Å². The van der Waals surface area contributed by atoms with E-state index in [1.54, 1.807) is 0 Å². The Kier molecular flexibility index (Phi) is 4.51. The van der Waals surface area contributed by atoms with Crippen molar-refractivity contribution in [1.82, 2.24) is 10.2 Å². The number of nitrogens with one attached hydrogen (secondary N) is 1. The Morgan fingerprint density at radius 3 is 2.44 bits per heavy atom. The van der Waals surface area contributed by atoms with Crippen LogP contribution in [0.5, 0.6) is 0 Å². The molecule has 3 rings (SSSR count). The maximum absolute atomic E-state index is 12.3. The molecule has 2 bridgehead atoms. The van der Waals surface area contributed by atoms with E-state index >= 15 is 0 Å². The zero-order valence-corrected chi connectivity index (χ0v) is 11.7. The molecule has 18 heavy (non-hydrogen) atoms. The monoisotopic (exact) mass is 274 g/mol. The lowest BCUT2D eigenvalue weighted by atomic mass is 9.98. The fourth-order valence-corrected chi connectivity index (χ4v) is 3.52. The standard InChI is InChI=1S/C13H22N2O2.ClH/c1-15(13(16)12-3-2-6-17-12)11-7-9-4-5-10(8-11)14-9;/h9-12,14H,2-8H2,1H3;1H. The summed E-state index contributed by atoms with van der Waals surface area (Å²) in [6.45, 7) is 0.752. The van der Waals surface area contributed by atoms with E-state index in [0.717, 1.165) is 32.3 Å². The fourth-order valence-electron chi connectivity index (χ4n) is 3.52. The molecule has 4 nitrogen and oxygen atoms in total. The molecule has 1 N–H and O–H groups in total. The Morgan fingerprint density at radius 2 is 1.89 bits per heavy atom. The van der Waals surface area contributed by atoms with Gasteiger partial charge in [-0.05, 0) is 38.5 Å². The van der Waals surface area contributed by atoms with E-state index in [4.69, 9.17) is 4.74 Å². The Hall–Kier alpha value is -0.320. The number of carbonyl (C=O) groups is 1. The number of fused-ring (bicyclic) bond motifs is 2. The first-order chi connectivity index (χ1) is 8.24. The predicted octanol–water partition coefficient (Wildman–Crippen LogP) is 1.33. The van der Waals surface area contributed by atoms with Gasteiger partial charge in [0.1, 0.15) is 6.10 Å². The maximum atomic E-state index is 12.3. The Labute approximate surface area is 115 Å². The molecule has 3 heterocycles.